The lowest BCUT2D eigenvalue weighted by molar-refractivity contribution is -0.132. The summed E-state index contributed by atoms with van der Waals surface area (Å²) in [6.07, 6.45) is 1.45. The van der Waals surface area contributed by atoms with Crippen molar-refractivity contribution in [3.8, 4) is 23.0 Å². The second-order valence-electron chi connectivity index (χ2n) is 9.58. The molecule has 1 aliphatic rings. The lowest BCUT2D eigenvalue weighted by atomic mass is 10.2. The highest BCUT2D eigenvalue weighted by atomic mass is 19.1. The van der Waals surface area contributed by atoms with E-state index in [2.05, 4.69) is 9.88 Å². The van der Waals surface area contributed by atoms with Crippen molar-refractivity contribution in [1.82, 2.24) is 14.8 Å². The second kappa shape index (κ2) is 12.2. The van der Waals surface area contributed by atoms with Crippen molar-refractivity contribution in [3.63, 3.8) is 0 Å². The number of rotatable bonds is 9. The molecular weight excluding hydrogens is 517 g/mol. The minimum Gasteiger partial charge on any atom is -0.497 e. The van der Waals surface area contributed by atoms with Crippen LogP contribution in [0, 0.1) is 12.7 Å². The van der Waals surface area contributed by atoms with E-state index in [0.29, 0.717) is 61.4 Å². The first kappa shape index (κ1) is 27.1. The molecule has 0 saturated carbocycles. The third kappa shape index (κ3) is 6.58. The van der Waals surface area contributed by atoms with E-state index in [9.17, 15) is 14.0 Å². The highest BCUT2D eigenvalue weighted by Crippen LogP contribution is 2.24. The Balaban J connectivity index is 1.11. The Morgan fingerprint density at radius 1 is 1.07 bits per heavy atom. The molecule has 9 nitrogen and oxygen atoms in total. The molecule has 0 radical (unpaired) electrons. The van der Waals surface area contributed by atoms with Crippen LogP contribution >= 0.6 is 0 Å². The second-order valence-corrected chi connectivity index (χ2v) is 9.58. The number of nitrogens with zero attached hydrogens (tertiary/aromatic N) is 3. The zero-order chi connectivity index (χ0) is 28.1. The van der Waals surface area contributed by atoms with Gasteiger partial charge in [-0.25, -0.2) is 9.37 Å². The summed E-state index contributed by atoms with van der Waals surface area (Å²) in [5, 5.41) is 0. The fourth-order valence-electron chi connectivity index (χ4n) is 4.49. The van der Waals surface area contributed by atoms with Crippen molar-refractivity contribution in [3.05, 3.63) is 99.7 Å². The number of aromatic nitrogens is 1. The maximum Gasteiger partial charge on any atom is 0.228 e. The van der Waals surface area contributed by atoms with Gasteiger partial charge >= 0.3 is 0 Å². The standard InChI is InChI=1S/C30H30FN3O6/c1-20-26(32-30(40-20)22-6-8-24(37-2)9-7-22)16-29(36)34-12-10-33(11-13-34)17-25-15-27(35)28(19-38-25)39-18-21-4-3-5-23(31)14-21/h3-9,14-15,19H,10-13,16-18H2,1-2H3. The third-order valence-corrected chi connectivity index (χ3v) is 6.79. The molecule has 3 heterocycles. The summed E-state index contributed by atoms with van der Waals surface area (Å²) in [4.78, 5) is 34.0. The number of carbonyl (C=O) groups excluding carboxylic acids is 1. The van der Waals surface area contributed by atoms with Gasteiger partial charge in [-0.1, -0.05) is 12.1 Å². The topological polar surface area (TPSA) is 98.2 Å². The zero-order valence-corrected chi connectivity index (χ0v) is 22.4. The van der Waals surface area contributed by atoms with Gasteiger partial charge in [0.05, 0.1) is 25.8 Å². The van der Waals surface area contributed by atoms with E-state index in [-0.39, 0.29) is 35.9 Å². The number of hydrogen-bond acceptors (Lipinski definition) is 8. The van der Waals surface area contributed by atoms with Gasteiger partial charge in [0.1, 0.15) is 36.0 Å². The summed E-state index contributed by atoms with van der Waals surface area (Å²) in [5.41, 5.74) is 1.75. The predicted octanol–water partition coefficient (Wildman–Crippen LogP) is 4.22. The smallest absolute Gasteiger partial charge is 0.228 e. The number of aryl methyl sites for hydroxylation is 1. The van der Waals surface area contributed by atoms with Crippen LogP contribution in [-0.2, 0) is 24.4 Å². The van der Waals surface area contributed by atoms with Gasteiger partial charge in [-0.15, -0.1) is 0 Å². The molecule has 0 bridgehead atoms. The van der Waals surface area contributed by atoms with E-state index in [4.69, 9.17) is 18.3 Å². The SMILES string of the molecule is COc1ccc(-c2nc(CC(=O)N3CCN(Cc4cc(=O)c(OCc5cccc(F)c5)co4)CC3)c(C)o2)cc1. The zero-order valence-electron chi connectivity index (χ0n) is 22.4. The molecule has 4 aromatic rings. The number of amides is 1. The summed E-state index contributed by atoms with van der Waals surface area (Å²) in [5.74, 6) is 2.04. The van der Waals surface area contributed by atoms with E-state index < -0.39 is 0 Å². The van der Waals surface area contributed by atoms with Crippen molar-refractivity contribution < 1.29 is 27.5 Å². The van der Waals surface area contributed by atoms with Crippen LogP contribution in [0.1, 0.15) is 22.8 Å². The van der Waals surface area contributed by atoms with Gasteiger partial charge in [-0.3, -0.25) is 14.5 Å². The van der Waals surface area contributed by atoms with Crippen LogP contribution in [-0.4, -0.2) is 54.0 Å². The van der Waals surface area contributed by atoms with Crippen LogP contribution in [0.15, 0.2) is 74.5 Å². The fourth-order valence-corrected chi connectivity index (χ4v) is 4.49. The van der Waals surface area contributed by atoms with Gasteiger partial charge < -0.3 is 23.2 Å². The van der Waals surface area contributed by atoms with Crippen LogP contribution in [0.2, 0.25) is 0 Å². The minimum absolute atomic E-state index is 0.0105. The quantitative estimate of drug-likeness (QED) is 0.307. The number of methoxy groups -OCH3 is 1. The summed E-state index contributed by atoms with van der Waals surface area (Å²) < 4.78 is 35.5. The van der Waals surface area contributed by atoms with Crippen LogP contribution in [0.4, 0.5) is 4.39 Å². The normalized spacial score (nSPS) is 13.8. The van der Waals surface area contributed by atoms with Gasteiger partial charge in [-0.2, -0.15) is 0 Å². The number of benzene rings is 2. The highest BCUT2D eigenvalue weighted by Gasteiger charge is 2.24. The van der Waals surface area contributed by atoms with Gasteiger partial charge in [-0.05, 0) is 48.9 Å². The number of halogens is 1. The van der Waals surface area contributed by atoms with Gasteiger partial charge in [0.25, 0.3) is 0 Å². The van der Waals surface area contributed by atoms with E-state index in [1.54, 1.807) is 19.2 Å². The van der Waals surface area contributed by atoms with Crippen LogP contribution in [0.5, 0.6) is 11.5 Å². The predicted molar refractivity (Wildman–Crippen MR) is 144 cm³/mol. The van der Waals surface area contributed by atoms with Crippen LogP contribution in [0.25, 0.3) is 11.5 Å². The molecule has 0 atom stereocenters. The molecule has 10 heteroatoms. The molecule has 2 aromatic carbocycles. The lowest BCUT2D eigenvalue weighted by Gasteiger charge is -2.34. The lowest BCUT2D eigenvalue weighted by Crippen LogP contribution is -2.48. The molecule has 0 N–H and O–H groups in total. The number of ether oxygens (including phenoxy) is 2. The molecule has 1 amide bonds. The van der Waals surface area contributed by atoms with E-state index >= 15 is 0 Å². The maximum absolute atomic E-state index is 13.3. The largest absolute Gasteiger partial charge is 0.497 e. The average Bonchev–Trinajstić information content (AvgIpc) is 3.32. The Morgan fingerprint density at radius 3 is 2.55 bits per heavy atom. The van der Waals surface area contributed by atoms with Gasteiger partial charge in [0, 0.05) is 37.8 Å². The average molecular weight is 548 g/mol. The Bertz CT molecular complexity index is 1520. The van der Waals surface area contributed by atoms with Crippen molar-refractivity contribution >= 4 is 5.91 Å². The Labute approximate surface area is 230 Å². The number of hydrogen-bond donors (Lipinski definition) is 0. The van der Waals surface area contributed by atoms with Crippen LogP contribution < -0.4 is 14.9 Å². The molecule has 208 valence electrons. The van der Waals surface area contributed by atoms with Crippen molar-refractivity contribution in [1.29, 1.82) is 0 Å². The first-order chi connectivity index (χ1) is 19.4. The summed E-state index contributed by atoms with van der Waals surface area (Å²) in [6, 6.07) is 14.8. The monoisotopic (exact) mass is 547 g/mol. The van der Waals surface area contributed by atoms with E-state index in [1.807, 2.05) is 36.1 Å². The van der Waals surface area contributed by atoms with E-state index in [0.717, 1.165) is 11.3 Å². The van der Waals surface area contributed by atoms with Crippen molar-refractivity contribution in [2.24, 2.45) is 0 Å². The first-order valence-corrected chi connectivity index (χ1v) is 13.0. The highest BCUT2D eigenvalue weighted by molar-refractivity contribution is 5.78. The summed E-state index contributed by atoms with van der Waals surface area (Å²) in [6.45, 7) is 4.71. The molecule has 0 spiro atoms. The minimum atomic E-state index is -0.364. The number of oxazole rings is 1. The van der Waals surface area contributed by atoms with Crippen LogP contribution in [0.3, 0.4) is 0 Å². The molecule has 1 saturated heterocycles. The molecule has 5 rings (SSSR count). The Morgan fingerprint density at radius 2 is 1.85 bits per heavy atom. The van der Waals surface area contributed by atoms with Gasteiger partial charge in [0.15, 0.2) is 0 Å². The molecule has 2 aromatic heterocycles. The first-order valence-electron chi connectivity index (χ1n) is 13.0. The molecule has 0 unspecified atom stereocenters. The van der Waals surface area contributed by atoms with Crippen molar-refractivity contribution in [2.75, 3.05) is 33.3 Å². The Hall–Kier alpha value is -4.44. The fraction of sp³-hybridized carbons (Fsp3) is 0.300. The molecule has 1 fully saturated rings. The van der Waals surface area contributed by atoms with Gasteiger partial charge in [0.2, 0.25) is 23.0 Å². The molecular formula is C30H30FN3O6. The Kier molecular flexibility index (Phi) is 8.26. The molecule has 1 aliphatic heterocycles. The van der Waals surface area contributed by atoms with E-state index in [1.165, 1.54) is 24.5 Å². The molecule has 40 heavy (non-hydrogen) atoms. The number of carbonyl (C=O) groups is 1. The number of piperazine rings is 1. The van der Waals surface area contributed by atoms with Crippen molar-refractivity contribution in [2.45, 2.75) is 26.5 Å². The third-order valence-electron chi connectivity index (χ3n) is 6.79. The molecule has 0 aliphatic carbocycles. The summed E-state index contributed by atoms with van der Waals surface area (Å²) >= 11 is 0. The maximum atomic E-state index is 13.3. The summed E-state index contributed by atoms with van der Waals surface area (Å²) in [7, 11) is 1.61.